The lowest BCUT2D eigenvalue weighted by molar-refractivity contribution is -0.137. The van der Waals surface area contributed by atoms with Crippen LogP contribution in [0.15, 0.2) is 0 Å². The number of rotatable bonds is 7. The van der Waals surface area contributed by atoms with Gasteiger partial charge in [0, 0.05) is 33.7 Å². The number of carbonyl (C=O) groups excluding carboxylic acids is 1. The molecule has 0 spiro atoms. The van der Waals surface area contributed by atoms with Gasteiger partial charge >= 0.3 is 0 Å². The predicted molar refractivity (Wildman–Crippen MR) is 89.4 cm³/mol. The second kappa shape index (κ2) is 8.74. The number of nitrogens with zero attached hydrogens (tertiary/aromatic N) is 3. The highest BCUT2D eigenvalue weighted by molar-refractivity contribution is 5.81. The van der Waals surface area contributed by atoms with Crippen LogP contribution in [0.2, 0.25) is 0 Å². The van der Waals surface area contributed by atoms with Crippen molar-refractivity contribution in [2.45, 2.75) is 46.6 Å². The van der Waals surface area contributed by atoms with Gasteiger partial charge in [-0.2, -0.15) is 0 Å². The van der Waals surface area contributed by atoms with Gasteiger partial charge in [-0.1, -0.05) is 27.7 Å². The molecule has 0 N–H and O–H groups in total. The van der Waals surface area contributed by atoms with Crippen molar-refractivity contribution in [2.24, 2.45) is 11.8 Å². The van der Waals surface area contributed by atoms with E-state index in [1.165, 1.54) is 12.8 Å². The van der Waals surface area contributed by atoms with Crippen molar-refractivity contribution < 1.29 is 4.79 Å². The summed E-state index contributed by atoms with van der Waals surface area (Å²) in [6.07, 6.45) is 2.39. The summed E-state index contributed by atoms with van der Waals surface area (Å²) in [5.74, 6) is 1.68. The third-order valence-corrected chi connectivity index (χ3v) is 4.32. The van der Waals surface area contributed by atoms with Crippen LogP contribution in [0, 0.1) is 11.8 Å². The lowest BCUT2D eigenvalue weighted by atomic mass is 10.1. The van der Waals surface area contributed by atoms with E-state index in [-0.39, 0.29) is 11.9 Å². The number of carbonyl (C=O) groups is 1. The molecule has 124 valence electrons. The zero-order valence-corrected chi connectivity index (χ0v) is 14.9. The summed E-state index contributed by atoms with van der Waals surface area (Å²) < 4.78 is 0. The topological polar surface area (TPSA) is 26.8 Å². The van der Waals surface area contributed by atoms with Crippen molar-refractivity contribution in [1.82, 2.24) is 14.7 Å². The smallest absolute Gasteiger partial charge is 0.240 e. The average molecular weight is 297 g/mol. The molecule has 1 aliphatic heterocycles. The Balaban J connectivity index is 2.62. The van der Waals surface area contributed by atoms with Crippen molar-refractivity contribution in [3.8, 4) is 0 Å². The summed E-state index contributed by atoms with van der Waals surface area (Å²) in [6, 6.07) is 0.0414. The molecule has 21 heavy (non-hydrogen) atoms. The average Bonchev–Trinajstić information content (AvgIpc) is 2.42. The second-order valence-electron chi connectivity index (χ2n) is 7.45. The quantitative estimate of drug-likeness (QED) is 0.720. The molecule has 0 saturated carbocycles. The van der Waals surface area contributed by atoms with Gasteiger partial charge in [0.1, 0.15) is 6.04 Å². The Kier molecular flexibility index (Phi) is 7.67. The summed E-state index contributed by atoms with van der Waals surface area (Å²) in [7, 11) is 3.74. The van der Waals surface area contributed by atoms with Crippen LogP contribution in [0.4, 0.5) is 0 Å². The van der Waals surface area contributed by atoms with E-state index in [0.717, 1.165) is 38.6 Å². The minimum Gasteiger partial charge on any atom is -0.347 e. The number of amides is 1. The summed E-state index contributed by atoms with van der Waals surface area (Å²) in [5.41, 5.74) is 0. The van der Waals surface area contributed by atoms with Gasteiger partial charge in [0.2, 0.25) is 5.91 Å². The largest absolute Gasteiger partial charge is 0.347 e. The Bertz CT molecular complexity index is 315. The third-order valence-electron chi connectivity index (χ3n) is 4.32. The molecule has 1 fully saturated rings. The van der Waals surface area contributed by atoms with Crippen molar-refractivity contribution in [3.63, 3.8) is 0 Å². The first-order valence-electron chi connectivity index (χ1n) is 8.48. The monoisotopic (exact) mass is 297 g/mol. The van der Waals surface area contributed by atoms with Crippen LogP contribution in [0.3, 0.4) is 0 Å². The first kappa shape index (κ1) is 18.4. The summed E-state index contributed by atoms with van der Waals surface area (Å²) in [6.45, 7) is 14.2. The molecule has 1 amide bonds. The van der Waals surface area contributed by atoms with Gasteiger partial charge in [0.25, 0.3) is 0 Å². The van der Waals surface area contributed by atoms with E-state index in [1.807, 2.05) is 14.1 Å². The minimum atomic E-state index is 0.0414. The van der Waals surface area contributed by atoms with Gasteiger partial charge in [-0.25, -0.2) is 0 Å². The first-order chi connectivity index (χ1) is 9.81. The van der Waals surface area contributed by atoms with Gasteiger partial charge in [0.15, 0.2) is 0 Å². The van der Waals surface area contributed by atoms with Crippen molar-refractivity contribution >= 4 is 5.91 Å². The van der Waals surface area contributed by atoms with Crippen molar-refractivity contribution in [3.05, 3.63) is 0 Å². The third kappa shape index (κ3) is 6.35. The molecule has 1 rings (SSSR count). The molecule has 0 aromatic rings. The maximum atomic E-state index is 12.5. The number of hydrogen-bond acceptors (Lipinski definition) is 3. The SMILES string of the molecule is CC(C)CCN1CCN(CCC(C)C)[C@@H](C(=O)N(C)C)C1. The Morgan fingerprint density at radius 3 is 2.14 bits per heavy atom. The highest BCUT2D eigenvalue weighted by Gasteiger charge is 2.32. The fourth-order valence-corrected chi connectivity index (χ4v) is 2.74. The van der Waals surface area contributed by atoms with Crippen LogP contribution < -0.4 is 0 Å². The molecular formula is C17H35N3O. The fourth-order valence-electron chi connectivity index (χ4n) is 2.74. The van der Waals surface area contributed by atoms with Crippen LogP contribution in [-0.2, 0) is 4.79 Å². The lowest BCUT2D eigenvalue weighted by Gasteiger charge is -2.42. The van der Waals surface area contributed by atoms with Crippen LogP contribution >= 0.6 is 0 Å². The predicted octanol–water partition coefficient (Wildman–Crippen LogP) is 2.15. The van der Waals surface area contributed by atoms with E-state index >= 15 is 0 Å². The second-order valence-corrected chi connectivity index (χ2v) is 7.45. The zero-order chi connectivity index (χ0) is 16.0. The van der Waals surface area contributed by atoms with Gasteiger partial charge in [0.05, 0.1) is 0 Å². The molecular weight excluding hydrogens is 262 g/mol. The van der Waals surface area contributed by atoms with E-state index in [0.29, 0.717) is 5.92 Å². The van der Waals surface area contributed by atoms with E-state index in [9.17, 15) is 4.79 Å². The Labute approximate surface area is 131 Å². The normalized spacial score (nSPS) is 21.2. The minimum absolute atomic E-state index is 0.0414. The maximum absolute atomic E-state index is 12.5. The maximum Gasteiger partial charge on any atom is 0.240 e. The molecule has 4 nitrogen and oxygen atoms in total. The molecule has 4 heteroatoms. The molecule has 0 aliphatic carbocycles. The van der Waals surface area contributed by atoms with Gasteiger partial charge in [-0.3, -0.25) is 14.6 Å². The highest BCUT2D eigenvalue weighted by atomic mass is 16.2. The van der Waals surface area contributed by atoms with Gasteiger partial charge < -0.3 is 4.90 Å². The molecule has 0 unspecified atom stereocenters. The Morgan fingerprint density at radius 2 is 1.62 bits per heavy atom. The summed E-state index contributed by atoms with van der Waals surface area (Å²) >= 11 is 0. The molecule has 1 heterocycles. The van der Waals surface area contributed by atoms with E-state index in [2.05, 4.69) is 37.5 Å². The molecule has 1 atom stereocenters. The van der Waals surface area contributed by atoms with E-state index in [1.54, 1.807) is 4.90 Å². The molecule has 0 radical (unpaired) electrons. The zero-order valence-electron chi connectivity index (χ0n) is 14.9. The highest BCUT2D eigenvalue weighted by Crippen LogP contribution is 2.15. The lowest BCUT2D eigenvalue weighted by Crippen LogP contribution is -2.59. The molecule has 1 saturated heterocycles. The Hall–Kier alpha value is -0.610. The standard InChI is InChI=1S/C17H35N3O/c1-14(2)7-9-19-11-12-20(10-8-15(3)4)16(13-19)17(21)18(5)6/h14-16H,7-13H2,1-6H3/t16-/m1/s1. The number of likely N-dealkylation sites (N-methyl/N-ethyl adjacent to an activating group) is 1. The Morgan fingerprint density at radius 1 is 1.05 bits per heavy atom. The van der Waals surface area contributed by atoms with Crippen LogP contribution in [0.25, 0.3) is 0 Å². The number of piperazine rings is 1. The molecule has 0 aromatic carbocycles. The first-order valence-corrected chi connectivity index (χ1v) is 8.48. The van der Waals surface area contributed by atoms with Crippen molar-refractivity contribution in [1.29, 1.82) is 0 Å². The number of hydrogen-bond donors (Lipinski definition) is 0. The molecule has 0 bridgehead atoms. The van der Waals surface area contributed by atoms with E-state index in [4.69, 9.17) is 0 Å². The molecule has 1 aliphatic rings. The van der Waals surface area contributed by atoms with Crippen LogP contribution in [0.5, 0.6) is 0 Å². The molecule has 0 aromatic heterocycles. The summed E-state index contributed by atoms with van der Waals surface area (Å²) in [4.78, 5) is 19.1. The van der Waals surface area contributed by atoms with Gasteiger partial charge in [-0.15, -0.1) is 0 Å². The van der Waals surface area contributed by atoms with Crippen molar-refractivity contribution in [2.75, 3.05) is 46.8 Å². The fraction of sp³-hybridized carbons (Fsp3) is 0.941. The summed E-state index contributed by atoms with van der Waals surface area (Å²) in [5, 5.41) is 0. The van der Waals surface area contributed by atoms with Crippen LogP contribution in [-0.4, -0.2) is 73.5 Å². The van der Waals surface area contributed by atoms with Crippen LogP contribution in [0.1, 0.15) is 40.5 Å². The van der Waals surface area contributed by atoms with E-state index < -0.39 is 0 Å². The van der Waals surface area contributed by atoms with Gasteiger partial charge in [-0.05, 0) is 37.8 Å².